The smallest absolute Gasteiger partial charge is 0.224 e. The Morgan fingerprint density at radius 2 is 1.56 bits per heavy atom. The monoisotopic (exact) mass is 359 g/mol. The fourth-order valence-corrected chi connectivity index (χ4v) is 3.08. The van der Waals surface area contributed by atoms with E-state index in [-0.39, 0.29) is 29.8 Å². The van der Waals surface area contributed by atoms with Crippen molar-refractivity contribution in [3.8, 4) is 0 Å². The predicted octanol–water partition coefficient (Wildman–Crippen LogP) is 4.50. The third kappa shape index (κ3) is 4.26. The Balaban J connectivity index is 2.01. The van der Waals surface area contributed by atoms with Gasteiger partial charge >= 0.3 is 0 Å². The number of hydrogen-bond donors (Lipinski definition) is 1. The molecule has 25 heavy (non-hydrogen) atoms. The standard InChI is InChI=1S/C20H22ClNO3/c1-11(18-14(4)19(24)12(2)13(3)20(18)25)5-10-17(23)22-16-8-6-15(21)7-9-16/h6-9,11H,5,10H2,1-4H3,(H,22,23). The molecule has 0 fully saturated rings. The SMILES string of the molecule is CC1=C(C)C(=O)C(C(C)CCC(=O)Nc2ccc(Cl)cc2)=C(C)C1=O. The van der Waals surface area contributed by atoms with Gasteiger partial charge in [-0.1, -0.05) is 18.5 Å². The van der Waals surface area contributed by atoms with Gasteiger partial charge in [-0.3, -0.25) is 14.4 Å². The molecule has 1 aliphatic carbocycles. The minimum atomic E-state index is -0.157. The maximum absolute atomic E-state index is 12.5. The molecule has 0 radical (unpaired) electrons. The molecule has 0 spiro atoms. The molecule has 0 bridgehead atoms. The first-order chi connectivity index (χ1) is 11.7. The zero-order valence-electron chi connectivity index (χ0n) is 14.9. The lowest BCUT2D eigenvalue weighted by atomic mass is 9.79. The zero-order chi connectivity index (χ0) is 18.7. The number of carbonyl (C=O) groups excluding carboxylic acids is 3. The number of anilines is 1. The van der Waals surface area contributed by atoms with Crippen molar-refractivity contribution in [2.24, 2.45) is 5.92 Å². The van der Waals surface area contributed by atoms with Gasteiger partial charge in [-0.05, 0) is 57.4 Å². The van der Waals surface area contributed by atoms with Crippen molar-refractivity contribution in [2.75, 3.05) is 5.32 Å². The van der Waals surface area contributed by atoms with Crippen molar-refractivity contribution >= 4 is 34.8 Å². The number of Topliss-reactive ketones (excluding diaryl/α,β-unsaturated/α-hetero) is 2. The van der Waals surface area contributed by atoms with Crippen LogP contribution in [-0.2, 0) is 14.4 Å². The molecule has 1 aliphatic rings. The number of amides is 1. The molecule has 1 amide bonds. The first-order valence-electron chi connectivity index (χ1n) is 8.25. The van der Waals surface area contributed by atoms with Crippen molar-refractivity contribution in [2.45, 2.75) is 40.5 Å². The number of rotatable bonds is 5. The highest BCUT2D eigenvalue weighted by atomic mass is 35.5. The Morgan fingerprint density at radius 3 is 2.16 bits per heavy atom. The number of carbonyl (C=O) groups is 3. The van der Waals surface area contributed by atoms with Crippen LogP contribution in [-0.4, -0.2) is 17.5 Å². The van der Waals surface area contributed by atoms with Gasteiger partial charge in [0.2, 0.25) is 5.91 Å². The summed E-state index contributed by atoms with van der Waals surface area (Å²) >= 11 is 5.82. The molecule has 1 atom stereocenters. The molecular weight excluding hydrogens is 338 g/mol. The lowest BCUT2D eigenvalue weighted by molar-refractivity contribution is -0.117. The van der Waals surface area contributed by atoms with E-state index in [1.54, 1.807) is 45.0 Å². The van der Waals surface area contributed by atoms with Gasteiger partial charge in [-0.15, -0.1) is 0 Å². The molecule has 2 rings (SSSR count). The van der Waals surface area contributed by atoms with Crippen LogP contribution in [0.4, 0.5) is 5.69 Å². The van der Waals surface area contributed by atoms with E-state index in [1.807, 2.05) is 6.92 Å². The van der Waals surface area contributed by atoms with Crippen LogP contribution in [0.25, 0.3) is 0 Å². The highest BCUT2D eigenvalue weighted by molar-refractivity contribution is 6.30. The Bertz CT molecular complexity index is 788. The van der Waals surface area contributed by atoms with Gasteiger partial charge < -0.3 is 5.32 Å². The molecule has 0 aliphatic heterocycles. The molecule has 0 saturated carbocycles. The van der Waals surface area contributed by atoms with Crippen molar-refractivity contribution in [3.63, 3.8) is 0 Å². The van der Waals surface area contributed by atoms with Crippen LogP contribution in [0, 0.1) is 5.92 Å². The summed E-state index contributed by atoms with van der Waals surface area (Å²) < 4.78 is 0. The van der Waals surface area contributed by atoms with Crippen molar-refractivity contribution in [1.82, 2.24) is 0 Å². The van der Waals surface area contributed by atoms with Crippen LogP contribution in [0.2, 0.25) is 5.02 Å². The summed E-state index contributed by atoms with van der Waals surface area (Å²) in [5, 5.41) is 3.40. The Morgan fingerprint density at radius 1 is 1.00 bits per heavy atom. The van der Waals surface area contributed by atoms with Crippen LogP contribution >= 0.6 is 11.6 Å². The minimum absolute atomic E-state index is 0.0791. The second kappa shape index (κ2) is 7.79. The Labute approximate surface area is 152 Å². The molecule has 132 valence electrons. The van der Waals surface area contributed by atoms with Gasteiger partial charge in [-0.2, -0.15) is 0 Å². The van der Waals surface area contributed by atoms with Crippen molar-refractivity contribution in [3.05, 3.63) is 51.6 Å². The lowest BCUT2D eigenvalue weighted by Crippen LogP contribution is -2.25. The number of nitrogens with one attached hydrogen (secondary N) is 1. The van der Waals surface area contributed by atoms with E-state index in [0.29, 0.717) is 39.4 Å². The van der Waals surface area contributed by atoms with Crippen LogP contribution in [0.5, 0.6) is 0 Å². The number of hydrogen-bond acceptors (Lipinski definition) is 3. The highest BCUT2D eigenvalue weighted by Crippen LogP contribution is 2.31. The number of ketones is 2. The van der Waals surface area contributed by atoms with E-state index in [9.17, 15) is 14.4 Å². The summed E-state index contributed by atoms with van der Waals surface area (Å²) in [4.78, 5) is 36.9. The fourth-order valence-electron chi connectivity index (χ4n) is 2.96. The van der Waals surface area contributed by atoms with Gasteiger partial charge in [0, 0.05) is 39.4 Å². The number of halogens is 1. The Hall–Kier alpha value is -2.20. The van der Waals surface area contributed by atoms with Gasteiger partial charge in [0.05, 0.1) is 0 Å². The van der Waals surface area contributed by atoms with Crippen LogP contribution in [0.3, 0.4) is 0 Å². The van der Waals surface area contributed by atoms with E-state index >= 15 is 0 Å². The highest BCUT2D eigenvalue weighted by Gasteiger charge is 2.30. The summed E-state index contributed by atoms with van der Waals surface area (Å²) in [5.74, 6) is -0.453. The molecule has 0 aromatic heterocycles. The molecule has 1 aromatic carbocycles. The van der Waals surface area contributed by atoms with Gasteiger partial charge in [-0.25, -0.2) is 0 Å². The summed E-state index contributed by atoms with van der Waals surface area (Å²) in [7, 11) is 0. The summed E-state index contributed by atoms with van der Waals surface area (Å²) in [6, 6.07) is 6.88. The van der Waals surface area contributed by atoms with E-state index in [4.69, 9.17) is 11.6 Å². The van der Waals surface area contributed by atoms with Gasteiger partial charge in [0.1, 0.15) is 0 Å². The number of benzene rings is 1. The summed E-state index contributed by atoms with van der Waals surface area (Å²) in [6.07, 6.45) is 0.765. The minimum Gasteiger partial charge on any atom is -0.326 e. The molecule has 1 N–H and O–H groups in total. The summed E-state index contributed by atoms with van der Waals surface area (Å²) in [5.41, 5.74) is 2.73. The average molecular weight is 360 g/mol. The third-order valence-corrected chi connectivity index (χ3v) is 4.91. The average Bonchev–Trinajstić information content (AvgIpc) is 2.58. The largest absolute Gasteiger partial charge is 0.326 e. The topological polar surface area (TPSA) is 63.2 Å². The second-order valence-corrected chi connectivity index (χ2v) is 6.88. The molecule has 0 saturated heterocycles. The van der Waals surface area contributed by atoms with Crippen molar-refractivity contribution in [1.29, 1.82) is 0 Å². The van der Waals surface area contributed by atoms with E-state index < -0.39 is 0 Å². The summed E-state index contributed by atoms with van der Waals surface area (Å²) in [6.45, 7) is 6.94. The fraction of sp³-hybridized carbons (Fsp3) is 0.350. The first-order valence-corrected chi connectivity index (χ1v) is 8.63. The van der Waals surface area contributed by atoms with Gasteiger partial charge in [0.25, 0.3) is 0 Å². The van der Waals surface area contributed by atoms with Crippen LogP contribution in [0.15, 0.2) is 46.6 Å². The van der Waals surface area contributed by atoms with Crippen LogP contribution in [0.1, 0.15) is 40.5 Å². The first kappa shape index (κ1) is 19.1. The molecule has 4 nitrogen and oxygen atoms in total. The van der Waals surface area contributed by atoms with E-state index in [2.05, 4.69) is 5.32 Å². The molecule has 1 unspecified atom stereocenters. The normalized spacial score (nSPS) is 16.4. The molecule has 5 heteroatoms. The lowest BCUT2D eigenvalue weighted by Gasteiger charge is -2.23. The van der Waals surface area contributed by atoms with Gasteiger partial charge in [0.15, 0.2) is 11.6 Å². The molecular formula is C20H22ClNO3. The zero-order valence-corrected chi connectivity index (χ0v) is 15.7. The molecule has 0 heterocycles. The van der Waals surface area contributed by atoms with E-state index in [0.717, 1.165) is 0 Å². The quantitative estimate of drug-likeness (QED) is 0.787. The second-order valence-electron chi connectivity index (χ2n) is 6.44. The third-order valence-electron chi connectivity index (χ3n) is 4.66. The van der Waals surface area contributed by atoms with E-state index in [1.165, 1.54) is 0 Å². The Kier molecular flexibility index (Phi) is 5.96. The van der Waals surface area contributed by atoms with Crippen molar-refractivity contribution < 1.29 is 14.4 Å². The number of allylic oxidation sites excluding steroid dienone is 4. The predicted molar refractivity (Wildman–Crippen MR) is 99.6 cm³/mol. The van der Waals surface area contributed by atoms with Crippen LogP contribution < -0.4 is 5.32 Å². The molecule has 1 aromatic rings. The maximum Gasteiger partial charge on any atom is 0.224 e. The maximum atomic E-state index is 12.5.